The molecule has 0 heterocycles. The highest BCUT2D eigenvalue weighted by molar-refractivity contribution is 7.92. The fourth-order valence-electron chi connectivity index (χ4n) is 1.11. The van der Waals surface area contributed by atoms with E-state index in [1.54, 1.807) is 0 Å². The Morgan fingerprint density at radius 1 is 0.941 bits per heavy atom. The number of rotatable bonds is 2. The smallest absolute Gasteiger partial charge is 0.186 e. The van der Waals surface area contributed by atoms with Gasteiger partial charge in [-0.05, 0) is 13.8 Å². The summed E-state index contributed by atoms with van der Waals surface area (Å²) in [6.07, 6.45) is 0. The highest BCUT2D eigenvalue weighted by atomic mass is 32.2. The van der Waals surface area contributed by atoms with Gasteiger partial charge in [-0.25, -0.2) is 26.0 Å². The van der Waals surface area contributed by atoms with E-state index in [2.05, 4.69) is 0 Å². The molecule has 0 saturated carbocycles. The quantitative estimate of drug-likeness (QED) is 0.508. The molecule has 0 bridgehead atoms. The Kier molecular flexibility index (Phi) is 3.37. The topological polar surface area (TPSA) is 60.2 Å². The standard InChI is InChI=1S/C9H9F4NO2S/c1-3(2)17(15,16)9-6(12)4(10)8(14)5(11)7(9)13/h3H,14H2,1-2H3. The van der Waals surface area contributed by atoms with Crippen molar-refractivity contribution in [1.82, 2.24) is 0 Å². The Morgan fingerprint density at radius 3 is 1.59 bits per heavy atom. The van der Waals surface area contributed by atoms with E-state index in [9.17, 15) is 26.0 Å². The number of nitrogen functional groups attached to an aromatic ring is 1. The third kappa shape index (κ3) is 1.97. The average Bonchev–Trinajstić information content (AvgIpc) is 2.23. The number of sulfone groups is 1. The van der Waals surface area contributed by atoms with Crippen LogP contribution in [0.1, 0.15) is 13.8 Å². The molecule has 0 aromatic heterocycles. The molecule has 3 nitrogen and oxygen atoms in total. The van der Waals surface area contributed by atoms with Gasteiger partial charge in [-0.1, -0.05) is 0 Å². The molecule has 0 atom stereocenters. The molecule has 2 N–H and O–H groups in total. The summed E-state index contributed by atoms with van der Waals surface area (Å²) < 4.78 is 75.8. The first-order chi connectivity index (χ1) is 7.62. The van der Waals surface area contributed by atoms with Gasteiger partial charge in [0, 0.05) is 0 Å². The van der Waals surface area contributed by atoms with Crippen LogP contribution in [-0.2, 0) is 9.84 Å². The lowest BCUT2D eigenvalue weighted by molar-refractivity contribution is 0.423. The molecule has 17 heavy (non-hydrogen) atoms. The molecular formula is C9H9F4NO2S. The Balaban J connectivity index is 3.80. The van der Waals surface area contributed by atoms with E-state index in [1.165, 1.54) is 0 Å². The first-order valence-electron chi connectivity index (χ1n) is 4.47. The first kappa shape index (κ1) is 13.8. The van der Waals surface area contributed by atoms with Crippen molar-refractivity contribution in [2.75, 3.05) is 5.73 Å². The van der Waals surface area contributed by atoms with Gasteiger partial charge in [-0.3, -0.25) is 0 Å². The second kappa shape index (κ2) is 4.17. The summed E-state index contributed by atoms with van der Waals surface area (Å²) in [7, 11) is -4.49. The average molecular weight is 271 g/mol. The van der Waals surface area contributed by atoms with E-state index >= 15 is 0 Å². The molecule has 8 heteroatoms. The van der Waals surface area contributed by atoms with E-state index in [4.69, 9.17) is 5.73 Å². The summed E-state index contributed by atoms with van der Waals surface area (Å²) in [5, 5.41) is -1.23. The second-order valence-corrected chi connectivity index (χ2v) is 6.03. The van der Waals surface area contributed by atoms with Gasteiger partial charge < -0.3 is 5.73 Å². The minimum absolute atomic E-state index is 1.13. The Hall–Kier alpha value is -1.31. The maximum Gasteiger partial charge on any atom is 0.186 e. The zero-order valence-electron chi connectivity index (χ0n) is 8.89. The summed E-state index contributed by atoms with van der Waals surface area (Å²) in [5.41, 5.74) is 3.36. The minimum Gasteiger partial charge on any atom is -0.394 e. The van der Waals surface area contributed by atoms with Crippen molar-refractivity contribution in [3.63, 3.8) is 0 Å². The second-order valence-electron chi connectivity index (χ2n) is 3.59. The molecular weight excluding hydrogens is 262 g/mol. The number of hydrogen-bond donors (Lipinski definition) is 1. The molecule has 0 amide bonds. The van der Waals surface area contributed by atoms with Crippen LogP contribution >= 0.6 is 0 Å². The summed E-state index contributed by atoms with van der Waals surface area (Å²) >= 11 is 0. The van der Waals surface area contributed by atoms with Crippen LogP contribution in [0.5, 0.6) is 0 Å². The number of nitrogens with two attached hydrogens (primary N) is 1. The molecule has 0 unspecified atom stereocenters. The lowest BCUT2D eigenvalue weighted by atomic mass is 10.2. The molecule has 0 fully saturated rings. The van der Waals surface area contributed by atoms with Gasteiger partial charge in [0.1, 0.15) is 10.6 Å². The van der Waals surface area contributed by atoms with Crippen LogP contribution in [0.4, 0.5) is 23.2 Å². The molecule has 0 aliphatic carbocycles. The van der Waals surface area contributed by atoms with E-state index in [1.807, 2.05) is 0 Å². The highest BCUT2D eigenvalue weighted by Gasteiger charge is 2.33. The van der Waals surface area contributed by atoms with Crippen molar-refractivity contribution in [2.24, 2.45) is 0 Å². The van der Waals surface area contributed by atoms with Gasteiger partial charge in [-0.2, -0.15) is 0 Å². The van der Waals surface area contributed by atoms with Gasteiger partial charge in [-0.15, -0.1) is 0 Å². The maximum absolute atomic E-state index is 13.3. The Morgan fingerprint density at radius 2 is 1.29 bits per heavy atom. The predicted molar refractivity (Wildman–Crippen MR) is 53.0 cm³/mol. The number of halogens is 4. The fourth-order valence-corrected chi connectivity index (χ4v) is 2.26. The molecule has 0 aliphatic heterocycles. The van der Waals surface area contributed by atoms with Gasteiger partial charge in [0.15, 0.2) is 33.1 Å². The van der Waals surface area contributed by atoms with Crippen molar-refractivity contribution in [3.05, 3.63) is 23.3 Å². The Labute approximate surface area is 95.2 Å². The van der Waals surface area contributed by atoms with Crippen molar-refractivity contribution in [1.29, 1.82) is 0 Å². The number of hydrogen-bond acceptors (Lipinski definition) is 3. The Bertz CT molecular complexity index is 540. The lowest BCUT2D eigenvalue weighted by Gasteiger charge is -2.12. The van der Waals surface area contributed by atoms with E-state index in [0.717, 1.165) is 13.8 Å². The minimum atomic E-state index is -4.49. The van der Waals surface area contributed by atoms with Crippen molar-refractivity contribution >= 4 is 15.5 Å². The lowest BCUT2D eigenvalue weighted by Crippen LogP contribution is -2.20. The fraction of sp³-hybridized carbons (Fsp3) is 0.333. The largest absolute Gasteiger partial charge is 0.394 e. The van der Waals surface area contributed by atoms with Crippen molar-refractivity contribution in [3.8, 4) is 0 Å². The van der Waals surface area contributed by atoms with E-state index in [0.29, 0.717) is 0 Å². The molecule has 96 valence electrons. The molecule has 1 aromatic rings. The van der Waals surface area contributed by atoms with Crippen molar-refractivity contribution < 1.29 is 26.0 Å². The van der Waals surface area contributed by atoms with Crippen LogP contribution in [0, 0.1) is 23.3 Å². The van der Waals surface area contributed by atoms with Gasteiger partial charge in [0.2, 0.25) is 0 Å². The van der Waals surface area contributed by atoms with Crippen LogP contribution in [0.2, 0.25) is 0 Å². The third-order valence-corrected chi connectivity index (χ3v) is 4.33. The zero-order chi connectivity index (χ0) is 13.5. The molecule has 0 spiro atoms. The number of benzene rings is 1. The van der Waals surface area contributed by atoms with Gasteiger partial charge in [0.25, 0.3) is 0 Å². The van der Waals surface area contributed by atoms with Gasteiger partial charge in [0.05, 0.1) is 5.25 Å². The van der Waals surface area contributed by atoms with Crippen LogP contribution < -0.4 is 5.73 Å². The summed E-state index contributed by atoms with van der Waals surface area (Å²) in [6, 6.07) is 0. The molecule has 0 aliphatic rings. The van der Waals surface area contributed by atoms with Crippen LogP contribution in [0.25, 0.3) is 0 Å². The van der Waals surface area contributed by atoms with Crippen LogP contribution in [0.3, 0.4) is 0 Å². The van der Waals surface area contributed by atoms with E-state index < -0.39 is 48.9 Å². The molecule has 0 saturated heterocycles. The maximum atomic E-state index is 13.3. The summed E-state index contributed by atoms with van der Waals surface area (Å²) in [5.74, 6) is -7.84. The van der Waals surface area contributed by atoms with Crippen LogP contribution in [-0.4, -0.2) is 13.7 Å². The molecule has 1 aromatic carbocycles. The van der Waals surface area contributed by atoms with E-state index in [-0.39, 0.29) is 0 Å². The third-order valence-electron chi connectivity index (χ3n) is 2.16. The molecule has 1 rings (SSSR count). The summed E-state index contributed by atoms with van der Waals surface area (Å²) in [6.45, 7) is 2.25. The van der Waals surface area contributed by atoms with Gasteiger partial charge >= 0.3 is 0 Å². The molecule has 0 radical (unpaired) electrons. The van der Waals surface area contributed by atoms with Crippen molar-refractivity contribution in [2.45, 2.75) is 24.0 Å². The number of anilines is 1. The van der Waals surface area contributed by atoms with Crippen LogP contribution in [0.15, 0.2) is 4.90 Å². The predicted octanol–water partition coefficient (Wildman–Crippen LogP) is 2.01. The highest BCUT2D eigenvalue weighted by Crippen LogP contribution is 2.30. The SMILES string of the molecule is CC(C)S(=O)(=O)c1c(F)c(F)c(N)c(F)c1F. The zero-order valence-corrected chi connectivity index (χ0v) is 9.71. The first-order valence-corrected chi connectivity index (χ1v) is 6.02. The monoisotopic (exact) mass is 271 g/mol. The summed E-state index contributed by atoms with van der Waals surface area (Å²) in [4.78, 5) is -1.63. The normalized spacial score (nSPS) is 12.2.